The van der Waals surface area contributed by atoms with Crippen LogP contribution in [0, 0.1) is 0 Å². The van der Waals surface area contributed by atoms with Crippen LogP contribution >= 0.6 is 0 Å². The van der Waals surface area contributed by atoms with Gasteiger partial charge in [-0.3, -0.25) is 20.8 Å². The molecule has 0 aliphatic carbocycles. The van der Waals surface area contributed by atoms with Gasteiger partial charge in [-0.05, 0) is 17.7 Å². The summed E-state index contributed by atoms with van der Waals surface area (Å²) in [5.74, 6) is 0.214. The summed E-state index contributed by atoms with van der Waals surface area (Å²) in [6.45, 7) is 3.43. The zero-order valence-electron chi connectivity index (χ0n) is 10.8. The minimum Gasteiger partial charge on any atom is -0.378 e. The number of hydrogen-bond acceptors (Lipinski definition) is 6. The predicted octanol–water partition coefficient (Wildman–Crippen LogP) is 1.08. The zero-order chi connectivity index (χ0) is 13.6. The Hall–Kier alpha value is -2.48. The molecule has 1 N–H and O–H groups in total. The van der Waals surface area contributed by atoms with E-state index in [9.17, 15) is 0 Å². The molecular weight excluding hydrogens is 258 g/mol. The van der Waals surface area contributed by atoms with Crippen molar-refractivity contribution in [2.75, 3.05) is 31.2 Å². The van der Waals surface area contributed by atoms with Gasteiger partial charge >= 0.3 is 0 Å². The normalized spacial score (nSPS) is 15.7. The molecule has 3 rings (SSSR count). The molecule has 0 unspecified atom stereocenters. The molecule has 1 aromatic heterocycles. The highest BCUT2D eigenvalue weighted by Crippen LogP contribution is 2.16. The lowest BCUT2D eigenvalue weighted by molar-refractivity contribution is 0.122. The highest BCUT2D eigenvalue weighted by atomic mass is 16.5. The highest BCUT2D eigenvalue weighted by molar-refractivity contribution is 5.81. The number of benzene rings is 1. The first kappa shape index (κ1) is 12.5. The smallest absolute Gasteiger partial charge is 0.0830 e. The van der Waals surface area contributed by atoms with E-state index in [1.165, 1.54) is 5.69 Å². The molecule has 0 bridgehead atoms. The third-order valence-corrected chi connectivity index (χ3v) is 2.96. The second-order valence-corrected chi connectivity index (χ2v) is 4.25. The summed E-state index contributed by atoms with van der Waals surface area (Å²) < 4.78 is 5.34. The van der Waals surface area contributed by atoms with E-state index < -0.39 is 0 Å². The number of morpholine rings is 1. The Kier molecular flexibility index (Phi) is 3.83. The maximum atomic E-state index is 5.34. The van der Waals surface area contributed by atoms with Gasteiger partial charge in [-0.1, -0.05) is 12.1 Å². The zero-order valence-corrected chi connectivity index (χ0v) is 10.8. The van der Waals surface area contributed by atoms with E-state index >= 15 is 0 Å². The maximum Gasteiger partial charge on any atom is 0.0830 e. The van der Waals surface area contributed by atoms with E-state index in [-0.39, 0.29) is 5.95 Å². The fourth-order valence-electron chi connectivity index (χ4n) is 1.94. The van der Waals surface area contributed by atoms with Crippen molar-refractivity contribution in [1.82, 2.24) is 20.6 Å². The van der Waals surface area contributed by atoms with Crippen molar-refractivity contribution < 1.29 is 4.74 Å². The van der Waals surface area contributed by atoms with Gasteiger partial charge in [0, 0.05) is 25.0 Å². The maximum absolute atomic E-state index is 5.34. The van der Waals surface area contributed by atoms with Crippen LogP contribution in [-0.2, 0) is 4.74 Å². The van der Waals surface area contributed by atoms with Crippen molar-refractivity contribution in [3.63, 3.8) is 0 Å². The van der Waals surface area contributed by atoms with Crippen molar-refractivity contribution in [3.8, 4) is 0 Å². The van der Waals surface area contributed by atoms with Gasteiger partial charge in [-0.25, -0.2) is 5.10 Å². The first-order chi connectivity index (χ1) is 9.92. The molecule has 0 radical (unpaired) electrons. The summed E-state index contributed by atoms with van der Waals surface area (Å²) in [6, 6.07) is 8.14. The first-order valence-corrected chi connectivity index (χ1v) is 6.32. The number of aromatic amines is 1. The Balaban J connectivity index is 1.59. The fraction of sp³-hybridized carbons (Fsp3) is 0.333. The van der Waals surface area contributed by atoms with Gasteiger partial charge in [-0.2, -0.15) is 0 Å². The standard InChI is InChI=1S/C12H14N7O/c1-3-11(19-5-7-20-8-6-19)4-2-10(1)9-13-14-12-15-17-18-16-12/h1-4,9H,5-8H2,(H-,14,15,16,17,18)/q-1. The third-order valence-electron chi connectivity index (χ3n) is 2.96. The van der Waals surface area contributed by atoms with Gasteiger partial charge in [0.15, 0.2) is 0 Å². The second-order valence-electron chi connectivity index (χ2n) is 4.25. The van der Waals surface area contributed by atoms with Crippen molar-refractivity contribution in [2.45, 2.75) is 0 Å². The molecule has 1 aliphatic rings. The van der Waals surface area contributed by atoms with E-state index in [1.54, 1.807) is 6.21 Å². The molecule has 0 spiro atoms. The molecule has 1 fully saturated rings. The van der Waals surface area contributed by atoms with Crippen LogP contribution in [0.1, 0.15) is 5.56 Å². The van der Waals surface area contributed by atoms with Crippen LogP contribution in [0.4, 0.5) is 11.6 Å². The van der Waals surface area contributed by atoms with Gasteiger partial charge in [0.25, 0.3) is 0 Å². The van der Waals surface area contributed by atoms with E-state index in [1.807, 2.05) is 12.1 Å². The average molecular weight is 272 g/mol. The van der Waals surface area contributed by atoms with E-state index in [0.29, 0.717) is 0 Å². The molecule has 1 saturated heterocycles. The molecular formula is C12H14N7O-. The minimum atomic E-state index is 0.214. The van der Waals surface area contributed by atoms with Crippen LogP contribution in [0.2, 0.25) is 0 Å². The SMILES string of the molecule is C(=N[N-]c1nn[nH]n1)c1ccc(N2CCOCC2)cc1. The molecule has 8 nitrogen and oxygen atoms in total. The Labute approximate surface area is 115 Å². The molecule has 1 aliphatic heterocycles. The third kappa shape index (κ3) is 3.09. The molecule has 2 heterocycles. The predicted molar refractivity (Wildman–Crippen MR) is 74.3 cm³/mol. The fourth-order valence-corrected chi connectivity index (χ4v) is 1.94. The summed E-state index contributed by atoms with van der Waals surface area (Å²) in [7, 11) is 0. The summed E-state index contributed by atoms with van der Waals surface area (Å²) in [6.07, 6.45) is 1.65. The molecule has 2 aromatic rings. The number of hydrogen-bond donors (Lipinski definition) is 1. The number of ether oxygens (including phenoxy) is 1. The van der Waals surface area contributed by atoms with Crippen LogP contribution in [0.15, 0.2) is 29.4 Å². The number of tetrazole rings is 1. The number of aromatic nitrogens is 4. The van der Waals surface area contributed by atoms with Gasteiger partial charge in [0.1, 0.15) is 0 Å². The molecule has 20 heavy (non-hydrogen) atoms. The van der Waals surface area contributed by atoms with Crippen LogP contribution in [0.3, 0.4) is 0 Å². The van der Waals surface area contributed by atoms with Gasteiger partial charge in [-0.15, -0.1) is 5.21 Å². The molecule has 0 atom stereocenters. The molecule has 104 valence electrons. The first-order valence-electron chi connectivity index (χ1n) is 6.32. The van der Waals surface area contributed by atoms with Crippen molar-refractivity contribution in [1.29, 1.82) is 0 Å². The largest absolute Gasteiger partial charge is 0.378 e. The van der Waals surface area contributed by atoms with Gasteiger partial charge in [0.05, 0.1) is 19.2 Å². The lowest BCUT2D eigenvalue weighted by Crippen LogP contribution is -2.36. The van der Waals surface area contributed by atoms with Gasteiger partial charge in [0.2, 0.25) is 0 Å². The Bertz CT molecular complexity index is 546. The number of H-pyrrole nitrogens is 1. The highest BCUT2D eigenvalue weighted by Gasteiger charge is 2.10. The average Bonchev–Trinajstić information content (AvgIpc) is 3.02. The molecule has 0 amide bonds. The summed E-state index contributed by atoms with van der Waals surface area (Å²) in [5, 5.41) is 17.0. The Morgan fingerprint density at radius 1 is 1.25 bits per heavy atom. The van der Waals surface area contributed by atoms with Crippen LogP contribution in [-0.4, -0.2) is 53.1 Å². The molecule has 8 heteroatoms. The van der Waals surface area contributed by atoms with E-state index in [0.717, 1.165) is 31.9 Å². The summed E-state index contributed by atoms with van der Waals surface area (Å²) >= 11 is 0. The van der Waals surface area contributed by atoms with E-state index in [2.05, 4.69) is 48.2 Å². The topological polar surface area (TPSA) is 93.4 Å². The monoisotopic (exact) mass is 272 g/mol. The molecule has 0 saturated carbocycles. The van der Waals surface area contributed by atoms with Crippen LogP contribution in [0.25, 0.3) is 5.43 Å². The lowest BCUT2D eigenvalue weighted by atomic mass is 10.2. The number of rotatable bonds is 4. The molecule has 1 aromatic carbocycles. The van der Waals surface area contributed by atoms with Crippen LogP contribution < -0.4 is 4.90 Å². The number of nitrogens with zero attached hydrogens (tertiary/aromatic N) is 6. The summed E-state index contributed by atoms with van der Waals surface area (Å²) in [5.41, 5.74) is 5.96. The Morgan fingerprint density at radius 2 is 2.05 bits per heavy atom. The number of nitrogens with one attached hydrogen (secondary N) is 1. The lowest BCUT2D eigenvalue weighted by Gasteiger charge is -2.28. The summed E-state index contributed by atoms with van der Waals surface area (Å²) in [4.78, 5) is 2.30. The van der Waals surface area contributed by atoms with Crippen molar-refractivity contribution >= 4 is 17.9 Å². The quantitative estimate of drug-likeness (QED) is 0.664. The Morgan fingerprint density at radius 3 is 2.75 bits per heavy atom. The van der Waals surface area contributed by atoms with E-state index in [4.69, 9.17) is 4.74 Å². The van der Waals surface area contributed by atoms with Crippen LogP contribution in [0.5, 0.6) is 0 Å². The van der Waals surface area contributed by atoms with Crippen molar-refractivity contribution in [3.05, 3.63) is 35.3 Å². The second kappa shape index (κ2) is 6.11. The van der Waals surface area contributed by atoms with Gasteiger partial charge < -0.3 is 9.64 Å². The van der Waals surface area contributed by atoms with Crippen molar-refractivity contribution in [2.24, 2.45) is 5.10 Å². The minimum absolute atomic E-state index is 0.214. The number of anilines is 1.